The minimum absolute atomic E-state index is 0.0695. The van der Waals surface area contributed by atoms with E-state index in [0.29, 0.717) is 32.6 Å². The Morgan fingerprint density at radius 2 is 0.951 bits per heavy atom. The average Bonchev–Trinajstić information content (AvgIpc) is 2.91. The highest BCUT2D eigenvalue weighted by atomic mass is 31.2. The standard InChI is InChI=1S/C29H17F6N2O3P/c1-41(38,39-26-22-14-16(28(30,31)32)10-12-18(22)20-6-2-4-8-24(20)36-26)40-27-23-15-17(29(33,34)35)11-13-19(23)21-7-3-5-9-25(21)37-27/h2-15H,1H3. The molecule has 2 aromatic heterocycles. The molecule has 0 N–H and O–H groups in total. The third-order valence-electron chi connectivity index (χ3n) is 6.49. The molecule has 5 nitrogen and oxygen atoms in total. The summed E-state index contributed by atoms with van der Waals surface area (Å²) in [6.07, 6.45) is -9.35. The number of benzene rings is 4. The maximum atomic E-state index is 13.7. The number of aromatic nitrogens is 2. The average molecular weight is 586 g/mol. The molecule has 0 saturated heterocycles. The van der Waals surface area contributed by atoms with Gasteiger partial charge in [0.1, 0.15) is 0 Å². The van der Waals surface area contributed by atoms with Crippen LogP contribution in [-0.2, 0) is 16.9 Å². The van der Waals surface area contributed by atoms with Crippen molar-refractivity contribution in [2.45, 2.75) is 12.4 Å². The van der Waals surface area contributed by atoms with Crippen LogP contribution in [0.3, 0.4) is 0 Å². The summed E-state index contributed by atoms with van der Waals surface area (Å²) in [4.78, 5) is 8.60. The second-order valence-electron chi connectivity index (χ2n) is 9.34. The van der Waals surface area contributed by atoms with Gasteiger partial charge in [0.2, 0.25) is 11.8 Å². The van der Waals surface area contributed by atoms with E-state index in [0.717, 1.165) is 30.9 Å². The van der Waals surface area contributed by atoms with Crippen molar-refractivity contribution in [1.82, 2.24) is 9.97 Å². The fourth-order valence-electron chi connectivity index (χ4n) is 4.67. The van der Waals surface area contributed by atoms with Crippen LogP contribution in [0.25, 0.3) is 43.4 Å². The van der Waals surface area contributed by atoms with Gasteiger partial charge in [0, 0.05) is 21.5 Å². The van der Waals surface area contributed by atoms with E-state index < -0.39 is 42.8 Å². The normalized spacial score (nSPS) is 12.9. The van der Waals surface area contributed by atoms with Crippen LogP contribution in [-0.4, -0.2) is 16.6 Å². The summed E-state index contributed by atoms with van der Waals surface area (Å²) in [5.41, 5.74) is -1.22. The van der Waals surface area contributed by atoms with Crippen LogP contribution in [0.15, 0.2) is 84.9 Å². The van der Waals surface area contributed by atoms with Crippen LogP contribution in [0.1, 0.15) is 11.1 Å². The summed E-state index contributed by atoms with van der Waals surface area (Å²) in [5, 5.41) is 1.67. The first kappa shape index (κ1) is 26.8. The number of halogens is 6. The predicted molar refractivity (Wildman–Crippen MR) is 143 cm³/mol. The number of rotatable bonds is 4. The van der Waals surface area contributed by atoms with E-state index in [1.807, 2.05) is 0 Å². The van der Waals surface area contributed by atoms with Gasteiger partial charge in [-0.05, 0) is 47.2 Å². The maximum absolute atomic E-state index is 13.7. The lowest BCUT2D eigenvalue weighted by molar-refractivity contribution is -0.138. The Hall–Kier alpha value is -4.37. The van der Waals surface area contributed by atoms with Gasteiger partial charge in [0.15, 0.2) is 0 Å². The molecule has 0 fully saturated rings. The van der Waals surface area contributed by atoms with Crippen molar-refractivity contribution in [3.8, 4) is 11.8 Å². The second kappa shape index (κ2) is 9.34. The molecule has 208 valence electrons. The minimum atomic E-state index is -4.67. The van der Waals surface area contributed by atoms with Crippen molar-refractivity contribution >= 4 is 50.9 Å². The molecule has 2 heterocycles. The number of hydrogen-bond donors (Lipinski definition) is 0. The van der Waals surface area contributed by atoms with Crippen molar-refractivity contribution in [2.75, 3.05) is 6.66 Å². The summed E-state index contributed by atoms with van der Waals surface area (Å²) in [6.45, 7) is 1.04. The molecule has 0 unspecified atom stereocenters. The monoisotopic (exact) mass is 586 g/mol. The van der Waals surface area contributed by atoms with E-state index in [2.05, 4.69) is 9.97 Å². The van der Waals surface area contributed by atoms with E-state index in [1.54, 1.807) is 48.5 Å². The zero-order valence-electron chi connectivity index (χ0n) is 20.9. The van der Waals surface area contributed by atoms with Gasteiger partial charge in [-0.15, -0.1) is 0 Å². The van der Waals surface area contributed by atoms with Crippen molar-refractivity contribution in [1.29, 1.82) is 0 Å². The summed E-state index contributed by atoms with van der Waals surface area (Å²) >= 11 is 0. The van der Waals surface area contributed by atoms with E-state index >= 15 is 0 Å². The van der Waals surface area contributed by atoms with E-state index in [1.165, 1.54) is 12.1 Å². The summed E-state index contributed by atoms with van der Waals surface area (Å²) in [5.74, 6) is -0.784. The third kappa shape index (κ3) is 5.02. The number of pyridine rings is 2. The van der Waals surface area contributed by atoms with Crippen molar-refractivity contribution in [3.05, 3.63) is 96.1 Å². The number of nitrogens with zero attached hydrogens (tertiary/aromatic N) is 2. The van der Waals surface area contributed by atoms with Crippen molar-refractivity contribution in [3.63, 3.8) is 0 Å². The molecule has 0 amide bonds. The van der Waals surface area contributed by atoms with Crippen LogP contribution in [0, 0.1) is 0 Å². The van der Waals surface area contributed by atoms with E-state index in [9.17, 15) is 30.9 Å². The lowest BCUT2D eigenvalue weighted by Gasteiger charge is -2.19. The molecule has 0 radical (unpaired) electrons. The molecule has 41 heavy (non-hydrogen) atoms. The fraction of sp³-hybridized carbons (Fsp3) is 0.103. The maximum Gasteiger partial charge on any atom is 0.430 e. The molecule has 0 bridgehead atoms. The number of alkyl halides is 6. The summed E-state index contributed by atoms with van der Waals surface area (Å²) in [6, 6.07) is 19.3. The Labute approximate surface area is 227 Å². The number of hydrogen-bond acceptors (Lipinski definition) is 5. The number of para-hydroxylation sites is 2. The van der Waals surface area contributed by atoms with Crippen molar-refractivity contribution < 1.29 is 40.0 Å². The Bertz CT molecular complexity index is 1900. The Kier molecular flexibility index (Phi) is 6.11. The molecule has 0 aliphatic heterocycles. The minimum Gasteiger partial charge on any atom is -0.397 e. The lowest BCUT2D eigenvalue weighted by Crippen LogP contribution is -2.07. The first-order chi connectivity index (χ1) is 19.3. The van der Waals surface area contributed by atoms with Crippen LogP contribution in [0.4, 0.5) is 26.3 Å². The van der Waals surface area contributed by atoms with Crippen LogP contribution < -0.4 is 9.05 Å². The van der Waals surface area contributed by atoms with Gasteiger partial charge in [-0.1, -0.05) is 48.5 Å². The second-order valence-corrected chi connectivity index (χ2v) is 11.2. The number of fused-ring (bicyclic) bond motifs is 6. The molecular weight excluding hydrogens is 569 g/mol. The molecule has 0 atom stereocenters. The Morgan fingerprint density at radius 1 is 0.561 bits per heavy atom. The van der Waals surface area contributed by atoms with Gasteiger partial charge in [0.25, 0.3) is 0 Å². The molecule has 12 heteroatoms. The molecule has 6 aromatic rings. The van der Waals surface area contributed by atoms with Gasteiger partial charge in [-0.3, -0.25) is 0 Å². The quantitative estimate of drug-likeness (QED) is 0.117. The first-order valence-electron chi connectivity index (χ1n) is 12.1. The highest BCUT2D eigenvalue weighted by Crippen LogP contribution is 2.49. The topological polar surface area (TPSA) is 61.3 Å². The van der Waals surface area contributed by atoms with Gasteiger partial charge >= 0.3 is 19.9 Å². The molecule has 0 aliphatic rings. The zero-order chi connectivity index (χ0) is 29.2. The third-order valence-corrected chi connectivity index (χ3v) is 7.50. The van der Waals surface area contributed by atoms with Crippen LogP contribution in [0.5, 0.6) is 11.8 Å². The SMILES string of the molecule is CP(=O)(Oc1nc2ccccc2c2ccc(C(F)(F)F)cc12)Oc1nc2ccccc2c2ccc(C(F)(F)F)cc12. The van der Waals surface area contributed by atoms with Crippen molar-refractivity contribution in [2.24, 2.45) is 0 Å². The first-order valence-corrected chi connectivity index (χ1v) is 14.1. The molecule has 0 spiro atoms. The van der Waals surface area contributed by atoms with E-state index in [4.69, 9.17) is 9.05 Å². The smallest absolute Gasteiger partial charge is 0.397 e. The highest BCUT2D eigenvalue weighted by molar-refractivity contribution is 7.53. The molecule has 0 saturated carbocycles. The predicted octanol–water partition coefficient (Wildman–Crippen LogP) is 9.41. The Balaban J connectivity index is 1.50. The van der Waals surface area contributed by atoms with Gasteiger partial charge in [0.05, 0.1) is 28.8 Å². The molecule has 6 rings (SSSR count). The van der Waals surface area contributed by atoms with E-state index in [-0.39, 0.29) is 10.8 Å². The summed E-state index contributed by atoms with van der Waals surface area (Å²) < 4.78 is 106. The zero-order valence-corrected chi connectivity index (χ0v) is 21.8. The van der Waals surface area contributed by atoms with Gasteiger partial charge < -0.3 is 9.05 Å². The van der Waals surface area contributed by atoms with Gasteiger partial charge in [-0.25, -0.2) is 14.5 Å². The van der Waals surface area contributed by atoms with Crippen LogP contribution >= 0.6 is 7.60 Å². The fourth-order valence-corrected chi connectivity index (χ4v) is 5.62. The largest absolute Gasteiger partial charge is 0.430 e. The Morgan fingerprint density at radius 3 is 1.34 bits per heavy atom. The highest BCUT2D eigenvalue weighted by Gasteiger charge is 2.33. The molecule has 0 aliphatic carbocycles. The lowest BCUT2D eigenvalue weighted by atomic mass is 10.0. The summed E-state index contributed by atoms with van der Waals surface area (Å²) in [7, 11) is -4.30. The molecule has 4 aromatic carbocycles. The van der Waals surface area contributed by atoms with Crippen LogP contribution in [0.2, 0.25) is 0 Å². The molecular formula is C29H17F6N2O3P. The van der Waals surface area contributed by atoms with Gasteiger partial charge in [-0.2, -0.15) is 26.3 Å².